The van der Waals surface area contributed by atoms with Gasteiger partial charge >= 0.3 is 5.69 Å². The van der Waals surface area contributed by atoms with Crippen LogP contribution in [0.3, 0.4) is 0 Å². The average Bonchev–Trinajstić information content (AvgIpc) is 2.65. The van der Waals surface area contributed by atoms with Gasteiger partial charge in [0.2, 0.25) is 0 Å². The molecule has 2 aliphatic rings. The van der Waals surface area contributed by atoms with Gasteiger partial charge in [0.15, 0.2) is 5.75 Å². The highest BCUT2D eigenvalue weighted by molar-refractivity contribution is 6.03. The molecule has 0 spiro atoms. The Morgan fingerprint density at radius 3 is 2.88 bits per heavy atom. The van der Waals surface area contributed by atoms with Crippen LogP contribution in [0.15, 0.2) is 36.4 Å². The Bertz CT molecular complexity index is 914. The fourth-order valence-corrected chi connectivity index (χ4v) is 3.73. The van der Waals surface area contributed by atoms with Crippen molar-refractivity contribution >= 4 is 17.3 Å². The number of nitro groups is 1. The first-order valence-electron chi connectivity index (χ1n) is 8.29. The Hall–Kier alpha value is -3.13. The lowest BCUT2D eigenvalue weighted by Crippen LogP contribution is -2.49. The third-order valence-corrected chi connectivity index (χ3v) is 4.97. The van der Waals surface area contributed by atoms with E-state index in [1.54, 1.807) is 18.2 Å². The molecule has 26 heavy (non-hydrogen) atoms. The Labute approximate surface area is 149 Å². The number of para-hydroxylation sites is 1. The third kappa shape index (κ3) is 2.38. The normalized spacial score (nSPS) is 21.0. The molecule has 4 rings (SSSR count). The Balaban J connectivity index is 1.83. The first-order valence-corrected chi connectivity index (χ1v) is 8.29. The maximum absolute atomic E-state index is 12.6. The van der Waals surface area contributed by atoms with Gasteiger partial charge in [-0.2, -0.15) is 0 Å². The van der Waals surface area contributed by atoms with Crippen molar-refractivity contribution < 1.29 is 14.5 Å². The van der Waals surface area contributed by atoms with Crippen LogP contribution in [-0.4, -0.2) is 24.5 Å². The fraction of sp³-hybridized carbons (Fsp3) is 0.278. The number of nitro benzene ring substituents is 1. The van der Waals surface area contributed by atoms with Crippen LogP contribution in [0, 0.1) is 10.1 Å². The van der Waals surface area contributed by atoms with Crippen LogP contribution in [0.25, 0.3) is 0 Å². The van der Waals surface area contributed by atoms with Crippen molar-refractivity contribution in [2.75, 3.05) is 18.6 Å². The van der Waals surface area contributed by atoms with E-state index >= 15 is 0 Å². The lowest BCUT2D eigenvalue weighted by Gasteiger charge is -2.44. The molecule has 0 saturated heterocycles. The number of ether oxygens (including phenoxy) is 1. The molecule has 0 aromatic heterocycles. The van der Waals surface area contributed by atoms with E-state index in [0.717, 1.165) is 17.7 Å². The second kappa shape index (κ2) is 5.99. The fourth-order valence-electron chi connectivity index (χ4n) is 3.73. The summed E-state index contributed by atoms with van der Waals surface area (Å²) in [5, 5.41) is 14.3. The molecule has 8 nitrogen and oxygen atoms in total. The highest BCUT2D eigenvalue weighted by Crippen LogP contribution is 2.43. The van der Waals surface area contributed by atoms with Gasteiger partial charge in [-0.05, 0) is 24.1 Å². The molecular formula is C18H18N4O4. The number of carbonyl (C=O) groups is 1. The monoisotopic (exact) mass is 354 g/mol. The first-order chi connectivity index (χ1) is 12.5. The smallest absolute Gasteiger partial charge is 0.311 e. The zero-order valence-corrected chi connectivity index (χ0v) is 14.1. The lowest BCUT2D eigenvalue weighted by atomic mass is 9.90. The van der Waals surface area contributed by atoms with Crippen molar-refractivity contribution in [2.24, 2.45) is 5.73 Å². The van der Waals surface area contributed by atoms with Crippen LogP contribution in [-0.2, 0) is 0 Å². The van der Waals surface area contributed by atoms with Gasteiger partial charge in [-0.15, -0.1) is 0 Å². The number of nitrogens with zero attached hydrogens (tertiary/aromatic N) is 2. The van der Waals surface area contributed by atoms with Gasteiger partial charge in [0.25, 0.3) is 5.91 Å². The molecule has 0 radical (unpaired) electrons. The molecule has 0 fully saturated rings. The summed E-state index contributed by atoms with van der Waals surface area (Å²) in [4.78, 5) is 25.5. The number of methoxy groups -OCH3 is 1. The van der Waals surface area contributed by atoms with E-state index in [1.807, 2.05) is 12.1 Å². The number of carbonyl (C=O) groups excluding carboxylic acids is 1. The van der Waals surface area contributed by atoms with Crippen LogP contribution in [0.5, 0.6) is 5.75 Å². The van der Waals surface area contributed by atoms with Crippen LogP contribution >= 0.6 is 0 Å². The summed E-state index contributed by atoms with van der Waals surface area (Å²) in [6, 6.07) is 10.1. The number of nitrogens with one attached hydrogen (secondary N) is 1. The van der Waals surface area contributed by atoms with Gasteiger partial charge in [0.05, 0.1) is 23.3 Å². The Kier molecular flexibility index (Phi) is 3.77. The second-order valence-corrected chi connectivity index (χ2v) is 6.40. The van der Waals surface area contributed by atoms with E-state index in [9.17, 15) is 14.9 Å². The topological polar surface area (TPSA) is 111 Å². The highest BCUT2D eigenvalue weighted by Gasteiger charge is 2.37. The summed E-state index contributed by atoms with van der Waals surface area (Å²) in [7, 11) is 1.39. The van der Waals surface area contributed by atoms with Crippen LogP contribution in [0.2, 0.25) is 0 Å². The standard InChI is InChI=1S/C18H18N4O4/c1-26-15-6-5-10(9-14(15)22(24)25)17-20-18(23)12-4-2-3-11-13(19)7-8-21(17)16(11)12/h2-6,9,13,17H,7-8,19H2,1H3,(H,20,23)/t13-,17-/m0/s1. The molecule has 8 heteroatoms. The second-order valence-electron chi connectivity index (χ2n) is 6.40. The first kappa shape index (κ1) is 16.3. The zero-order valence-electron chi connectivity index (χ0n) is 14.1. The number of hydrogen-bond acceptors (Lipinski definition) is 6. The number of hydrogen-bond donors (Lipinski definition) is 2. The molecule has 0 bridgehead atoms. The highest BCUT2D eigenvalue weighted by atomic mass is 16.6. The summed E-state index contributed by atoms with van der Waals surface area (Å²) in [6.45, 7) is 0.649. The summed E-state index contributed by atoms with van der Waals surface area (Å²) < 4.78 is 5.06. The molecule has 1 amide bonds. The molecule has 2 aromatic rings. The van der Waals surface area contributed by atoms with E-state index in [4.69, 9.17) is 10.5 Å². The number of rotatable bonds is 3. The minimum Gasteiger partial charge on any atom is -0.490 e. The van der Waals surface area contributed by atoms with Gasteiger partial charge in [-0.25, -0.2) is 0 Å². The van der Waals surface area contributed by atoms with Gasteiger partial charge in [0, 0.05) is 24.2 Å². The molecular weight excluding hydrogens is 336 g/mol. The number of benzene rings is 2. The number of nitrogens with two attached hydrogens (primary N) is 1. The Morgan fingerprint density at radius 1 is 1.35 bits per heavy atom. The molecule has 2 aliphatic heterocycles. The maximum atomic E-state index is 12.6. The Morgan fingerprint density at radius 2 is 2.15 bits per heavy atom. The van der Waals surface area contributed by atoms with E-state index < -0.39 is 11.1 Å². The van der Waals surface area contributed by atoms with Gasteiger partial charge in [-0.3, -0.25) is 14.9 Å². The van der Waals surface area contributed by atoms with E-state index in [1.165, 1.54) is 13.2 Å². The van der Waals surface area contributed by atoms with Gasteiger partial charge in [-0.1, -0.05) is 18.2 Å². The van der Waals surface area contributed by atoms with Gasteiger partial charge < -0.3 is 20.7 Å². The molecule has 0 unspecified atom stereocenters. The number of anilines is 1. The maximum Gasteiger partial charge on any atom is 0.311 e. The van der Waals surface area contributed by atoms with E-state index in [-0.39, 0.29) is 23.4 Å². The molecule has 3 N–H and O–H groups in total. The van der Waals surface area contributed by atoms with Crippen molar-refractivity contribution in [3.8, 4) is 5.75 Å². The van der Waals surface area contributed by atoms with Crippen molar-refractivity contribution in [1.29, 1.82) is 0 Å². The predicted octanol–water partition coefficient (Wildman–Crippen LogP) is 2.26. The largest absolute Gasteiger partial charge is 0.490 e. The minimum absolute atomic E-state index is 0.127. The van der Waals surface area contributed by atoms with Gasteiger partial charge in [0.1, 0.15) is 6.17 Å². The third-order valence-electron chi connectivity index (χ3n) is 4.97. The van der Waals surface area contributed by atoms with Crippen LogP contribution in [0.4, 0.5) is 11.4 Å². The van der Waals surface area contributed by atoms with Crippen molar-refractivity contribution in [2.45, 2.75) is 18.6 Å². The summed E-state index contributed by atoms with van der Waals surface area (Å²) in [6.07, 6.45) is 0.245. The van der Waals surface area contributed by atoms with Crippen LogP contribution < -0.4 is 20.7 Å². The van der Waals surface area contributed by atoms with Crippen molar-refractivity contribution in [1.82, 2.24) is 5.32 Å². The molecule has 2 aromatic carbocycles. The number of amides is 1. The molecule has 2 atom stereocenters. The van der Waals surface area contributed by atoms with E-state index in [2.05, 4.69) is 10.2 Å². The molecule has 0 aliphatic carbocycles. The minimum atomic E-state index is -0.492. The van der Waals surface area contributed by atoms with E-state index in [0.29, 0.717) is 17.7 Å². The quantitative estimate of drug-likeness (QED) is 0.646. The SMILES string of the molecule is COc1ccc([C@H]2NC(=O)c3cccc4c3N2CC[C@@H]4N)cc1[N+](=O)[O-]. The van der Waals surface area contributed by atoms with Crippen molar-refractivity contribution in [3.05, 3.63) is 63.2 Å². The molecule has 2 heterocycles. The molecule has 0 saturated carbocycles. The lowest BCUT2D eigenvalue weighted by molar-refractivity contribution is -0.385. The predicted molar refractivity (Wildman–Crippen MR) is 95.2 cm³/mol. The average molecular weight is 354 g/mol. The summed E-state index contributed by atoms with van der Waals surface area (Å²) >= 11 is 0. The van der Waals surface area contributed by atoms with Crippen LogP contribution in [0.1, 0.15) is 40.1 Å². The zero-order chi connectivity index (χ0) is 18.4. The summed E-state index contributed by atoms with van der Waals surface area (Å²) in [5.41, 5.74) is 9.04. The summed E-state index contributed by atoms with van der Waals surface area (Å²) in [5.74, 6) is -0.0293. The molecule has 134 valence electrons. The van der Waals surface area contributed by atoms with Crippen molar-refractivity contribution in [3.63, 3.8) is 0 Å².